The van der Waals surface area contributed by atoms with Gasteiger partial charge in [-0.15, -0.1) is 0 Å². The van der Waals surface area contributed by atoms with Crippen LogP contribution in [0.4, 0.5) is 5.69 Å². The number of rotatable bonds is 4. The Kier molecular flexibility index (Phi) is 5.09. The first-order valence-corrected chi connectivity index (χ1v) is 7.73. The Labute approximate surface area is 129 Å². The molecule has 0 saturated carbocycles. The van der Waals surface area contributed by atoms with Crippen LogP contribution in [-0.4, -0.2) is 15.9 Å². The number of nitrogens with one attached hydrogen (secondary N) is 1. The Morgan fingerprint density at radius 1 is 1.19 bits per heavy atom. The molecule has 0 aliphatic carbocycles. The average molecular weight is 319 g/mol. The number of hydrogen-bond acceptors (Lipinski definition) is 3. The largest absolute Gasteiger partial charge is 0.325 e. The molecule has 2 rings (SSSR count). The molecular formula is C15H11ClN2O2S. The van der Waals surface area contributed by atoms with Crippen molar-refractivity contribution in [3.63, 3.8) is 0 Å². The topological polar surface area (TPSA) is 70.0 Å². The van der Waals surface area contributed by atoms with Crippen LogP contribution in [0.15, 0.2) is 53.4 Å². The number of carbonyl (C=O) groups is 1. The minimum atomic E-state index is -1.50. The van der Waals surface area contributed by atoms with E-state index in [-0.39, 0.29) is 11.7 Å². The fraction of sp³-hybridized carbons (Fsp3) is 0.0667. The zero-order valence-corrected chi connectivity index (χ0v) is 12.4. The van der Waals surface area contributed by atoms with E-state index in [9.17, 15) is 9.00 Å². The molecule has 0 radical (unpaired) electrons. The maximum Gasteiger partial charge on any atom is 0.237 e. The van der Waals surface area contributed by atoms with Gasteiger partial charge in [0.05, 0.1) is 32.4 Å². The van der Waals surface area contributed by atoms with Crippen LogP contribution in [0.5, 0.6) is 0 Å². The summed E-state index contributed by atoms with van der Waals surface area (Å²) in [4.78, 5) is 12.3. The Bertz CT molecular complexity index is 723. The standard InChI is InChI=1S/C15H11ClN2O2S/c16-13-3-1-2-4-14(13)21(20)10-15(19)18-12-7-5-11(9-17)6-8-12/h1-8H,10H2,(H,18,19). The number of anilines is 1. The molecule has 6 heteroatoms. The highest BCUT2D eigenvalue weighted by Gasteiger charge is 2.13. The molecule has 0 aliphatic heterocycles. The van der Waals surface area contributed by atoms with Crippen LogP contribution in [0.3, 0.4) is 0 Å². The van der Waals surface area contributed by atoms with Gasteiger partial charge in [0, 0.05) is 5.69 Å². The second-order valence-electron chi connectivity index (χ2n) is 4.16. The minimum absolute atomic E-state index is 0.177. The van der Waals surface area contributed by atoms with Gasteiger partial charge >= 0.3 is 0 Å². The second-order valence-corrected chi connectivity index (χ2v) is 5.98. The first-order valence-electron chi connectivity index (χ1n) is 6.03. The third-order valence-corrected chi connectivity index (χ3v) is 4.45. The molecule has 0 aliphatic rings. The third kappa shape index (κ3) is 4.15. The lowest BCUT2D eigenvalue weighted by Gasteiger charge is -2.06. The predicted molar refractivity (Wildman–Crippen MR) is 82.5 cm³/mol. The van der Waals surface area contributed by atoms with Crippen molar-refractivity contribution in [1.82, 2.24) is 0 Å². The quantitative estimate of drug-likeness (QED) is 0.942. The SMILES string of the molecule is N#Cc1ccc(NC(=O)CS(=O)c2ccccc2Cl)cc1. The van der Waals surface area contributed by atoms with Gasteiger partial charge in [-0.25, -0.2) is 0 Å². The molecule has 0 saturated heterocycles. The molecule has 1 atom stereocenters. The van der Waals surface area contributed by atoms with Crippen molar-refractivity contribution in [3.05, 3.63) is 59.1 Å². The predicted octanol–water partition coefficient (Wildman–Crippen LogP) is 2.96. The highest BCUT2D eigenvalue weighted by atomic mass is 35.5. The number of carbonyl (C=O) groups excluding carboxylic acids is 1. The summed E-state index contributed by atoms with van der Waals surface area (Å²) < 4.78 is 12.1. The molecule has 1 amide bonds. The average Bonchev–Trinajstić information content (AvgIpc) is 2.48. The number of benzene rings is 2. The summed E-state index contributed by atoms with van der Waals surface area (Å²) >= 11 is 5.94. The summed E-state index contributed by atoms with van der Waals surface area (Å²) in [5, 5.41) is 11.7. The van der Waals surface area contributed by atoms with Crippen molar-refractivity contribution in [3.8, 4) is 6.07 Å². The Hall–Kier alpha value is -2.16. The van der Waals surface area contributed by atoms with E-state index >= 15 is 0 Å². The van der Waals surface area contributed by atoms with E-state index in [1.54, 1.807) is 48.5 Å². The molecular weight excluding hydrogens is 308 g/mol. The van der Waals surface area contributed by atoms with Crippen molar-refractivity contribution in [1.29, 1.82) is 5.26 Å². The van der Waals surface area contributed by atoms with Gasteiger partial charge in [-0.3, -0.25) is 9.00 Å². The van der Waals surface area contributed by atoms with Crippen molar-refractivity contribution in [2.24, 2.45) is 0 Å². The zero-order valence-electron chi connectivity index (χ0n) is 10.9. The Balaban J connectivity index is 2.00. The zero-order chi connectivity index (χ0) is 15.2. The van der Waals surface area contributed by atoms with Gasteiger partial charge in [0.2, 0.25) is 5.91 Å². The normalized spacial score (nSPS) is 11.4. The molecule has 106 valence electrons. The first kappa shape index (κ1) is 15.2. The lowest BCUT2D eigenvalue weighted by Crippen LogP contribution is -2.19. The van der Waals surface area contributed by atoms with Crippen molar-refractivity contribution in [2.45, 2.75) is 4.90 Å². The van der Waals surface area contributed by atoms with Crippen LogP contribution in [0.1, 0.15) is 5.56 Å². The Morgan fingerprint density at radius 3 is 2.48 bits per heavy atom. The highest BCUT2D eigenvalue weighted by Crippen LogP contribution is 2.19. The molecule has 21 heavy (non-hydrogen) atoms. The lowest BCUT2D eigenvalue weighted by molar-refractivity contribution is -0.113. The second kappa shape index (κ2) is 7.02. The molecule has 0 spiro atoms. The van der Waals surface area contributed by atoms with E-state index in [1.807, 2.05) is 6.07 Å². The number of amides is 1. The summed E-state index contributed by atoms with van der Waals surface area (Å²) in [6.07, 6.45) is 0. The van der Waals surface area contributed by atoms with Crippen LogP contribution in [0, 0.1) is 11.3 Å². The molecule has 0 fully saturated rings. The van der Waals surface area contributed by atoms with Gasteiger partial charge in [0.1, 0.15) is 5.75 Å². The summed E-state index contributed by atoms with van der Waals surface area (Å²) in [5.41, 5.74) is 1.06. The molecule has 1 unspecified atom stereocenters. The molecule has 2 aromatic rings. The molecule has 0 heterocycles. The summed E-state index contributed by atoms with van der Waals surface area (Å²) in [5.74, 6) is -0.554. The van der Waals surface area contributed by atoms with Crippen molar-refractivity contribution in [2.75, 3.05) is 11.1 Å². The maximum atomic E-state index is 12.1. The van der Waals surface area contributed by atoms with E-state index < -0.39 is 10.8 Å². The van der Waals surface area contributed by atoms with Crippen LogP contribution < -0.4 is 5.32 Å². The smallest absolute Gasteiger partial charge is 0.237 e. The van der Waals surface area contributed by atoms with Crippen LogP contribution in [0.2, 0.25) is 5.02 Å². The molecule has 1 N–H and O–H groups in total. The monoisotopic (exact) mass is 318 g/mol. The van der Waals surface area contributed by atoms with E-state index in [1.165, 1.54) is 0 Å². The lowest BCUT2D eigenvalue weighted by atomic mass is 10.2. The number of nitriles is 1. The molecule has 4 nitrogen and oxygen atoms in total. The molecule has 2 aromatic carbocycles. The van der Waals surface area contributed by atoms with Gasteiger partial charge in [0.15, 0.2) is 0 Å². The van der Waals surface area contributed by atoms with Gasteiger partial charge < -0.3 is 5.32 Å². The first-order chi connectivity index (χ1) is 10.1. The summed E-state index contributed by atoms with van der Waals surface area (Å²) in [6.45, 7) is 0. The number of nitrogens with zero attached hydrogens (tertiary/aromatic N) is 1. The van der Waals surface area contributed by atoms with E-state index in [0.29, 0.717) is 21.2 Å². The van der Waals surface area contributed by atoms with Gasteiger partial charge in [-0.2, -0.15) is 5.26 Å². The maximum absolute atomic E-state index is 12.1. The number of hydrogen-bond donors (Lipinski definition) is 1. The highest BCUT2D eigenvalue weighted by molar-refractivity contribution is 7.86. The van der Waals surface area contributed by atoms with Crippen molar-refractivity contribution >= 4 is 34.0 Å². The minimum Gasteiger partial charge on any atom is -0.325 e. The van der Waals surface area contributed by atoms with Crippen molar-refractivity contribution < 1.29 is 9.00 Å². The van der Waals surface area contributed by atoms with Gasteiger partial charge in [0.25, 0.3) is 0 Å². The number of halogens is 1. The van der Waals surface area contributed by atoms with E-state index in [4.69, 9.17) is 16.9 Å². The molecule has 0 aromatic heterocycles. The summed E-state index contributed by atoms with van der Waals surface area (Å²) in [6, 6.07) is 15.1. The van der Waals surface area contributed by atoms with E-state index in [2.05, 4.69) is 5.32 Å². The van der Waals surface area contributed by atoms with Gasteiger partial charge in [-0.05, 0) is 36.4 Å². The molecule has 0 bridgehead atoms. The van der Waals surface area contributed by atoms with E-state index in [0.717, 1.165) is 0 Å². The van der Waals surface area contributed by atoms with Crippen LogP contribution >= 0.6 is 11.6 Å². The fourth-order valence-corrected chi connectivity index (χ4v) is 3.03. The van der Waals surface area contributed by atoms with Crippen LogP contribution in [-0.2, 0) is 15.6 Å². The van der Waals surface area contributed by atoms with Gasteiger partial charge in [-0.1, -0.05) is 23.7 Å². The summed E-state index contributed by atoms with van der Waals surface area (Å²) in [7, 11) is -1.50. The fourth-order valence-electron chi connectivity index (χ4n) is 1.65. The van der Waals surface area contributed by atoms with Crippen LogP contribution in [0.25, 0.3) is 0 Å². The third-order valence-electron chi connectivity index (χ3n) is 2.64. The Morgan fingerprint density at radius 2 is 1.86 bits per heavy atom.